The van der Waals surface area contributed by atoms with E-state index in [1.54, 1.807) is 0 Å². The smallest absolute Gasteiger partial charge is 0.500 e. The molecule has 0 aliphatic carbocycles. The van der Waals surface area contributed by atoms with Crippen LogP contribution >= 0.6 is 0 Å². The second-order valence-electron chi connectivity index (χ2n) is 2.46. The first-order valence-corrected chi connectivity index (χ1v) is 3.48. The quantitative estimate of drug-likeness (QED) is 0.514. The van der Waals surface area contributed by atoms with Crippen LogP contribution in [-0.2, 0) is 0 Å². The molecule has 1 aromatic rings. The predicted molar refractivity (Wildman–Crippen MR) is 41.7 cm³/mol. The third-order valence-corrected chi connectivity index (χ3v) is 1.54. The number of hydrogen-bond acceptors (Lipinski definition) is 1. The summed E-state index contributed by atoms with van der Waals surface area (Å²) in [6.07, 6.45) is 0. The highest BCUT2D eigenvalue weighted by Crippen LogP contribution is 2.18. The summed E-state index contributed by atoms with van der Waals surface area (Å²) in [7, 11) is 1.11. The Balaban J connectivity index is 3.24. The van der Waals surface area contributed by atoms with Crippen molar-refractivity contribution in [3.8, 4) is 5.75 Å². The molecule has 0 aromatic heterocycles. The first-order chi connectivity index (χ1) is 5.95. The normalized spacial score (nSPS) is 11.5. The van der Waals surface area contributed by atoms with Gasteiger partial charge in [-0.05, 0) is 18.2 Å². The minimum absolute atomic E-state index is 0.353. The highest BCUT2D eigenvalue weighted by Gasteiger charge is 2.29. The zero-order chi connectivity index (χ0) is 10.1. The summed E-state index contributed by atoms with van der Waals surface area (Å²) in [5.41, 5.74) is -1.04. The highest BCUT2D eigenvalue weighted by molar-refractivity contribution is 6.74. The maximum absolute atomic E-state index is 12.5. The van der Waals surface area contributed by atoms with Crippen molar-refractivity contribution in [2.45, 2.75) is 0 Å². The Morgan fingerprint density at radius 3 is 2.31 bits per heavy atom. The van der Waals surface area contributed by atoms with E-state index < -0.39 is 18.3 Å². The van der Waals surface area contributed by atoms with Gasteiger partial charge in [-0.1, -0.05) is 5.46 Å². The zero-order valence-electron chi connectivity index (χ0n) is 6.73. The Labute approximate surface area is 72.4 Å². The number of rotatable bonds is 2. The molecule has 1 aromatic carbocycles. The van der Waals surface area contributed by atoms with Crippen molar-refractivity contribution in [2.24, 2.45) is 0 Å². The van der Waals surface area contributed by atoms with Crippen LogP contribution in [0.5, 0.6) is 5.75 Å². The van der Waals surface area contributed by atoms with Gasteiger partial charge in [0.1, 0.15) is 5.82 Å². The van der Waals surface area contributed by atoms with Crippen LogP contribution < -0.4 is 10.2 Å². The fraction of sp³-hybridized carbons (Fsp3) is 0.143. The average molecular weight is 193 g/mol. The van der Waals surface area contributed by atoms with Crippen molar-refractivity contribution < 1.29 is 22.1 Å². The maximum Gasteiger partial charge on any atom is 0.513 e. The molecule has 0 aliphatic rings. The van der Waals surface area contributed by atoms with Gasteiger partial charge in [0.15, 0.2) is 0 Å². The summed E-state index contributed by atoms with van der Waals surface area (Å²) in [6.45, 7) is -5.22. The van der Waals surface area contributed by atoms with Crippen LogP contribution in [0, 0.1) is 5.82 Å². The fourth-order valence-electron chi connectivity index (χ4n) is 0.961. The lowest BCUT2D eigenvalue weighted by Gasteiger charge is -2.18. The molecule has 0 spiro atoms. The van der Waals surface area contributed by atoms with E-state index in [1.807, 2.05) is 0 Å². The lowest BCUT2D eigenvalue weighted by atomic mass is 9.79. The predicted octanol–water partition coefficient (Wildman–Crippen LogP) is 1.89. The molecule has 0 saturated carbocycles. The highest BCUT2D eigenvalue weighted by atomic mass is 19.4. The molecule has 0 amide bonds. The van der Waals surface area contributed by atoms with Crippen molar-refractivity contribution in [3.05, 3.63) is 24.0 Å². The lowest BCUT2D eigenvalue weighted by molar-refractivity contribution is 0.411. The van der Waals surface area contributed by atoms with Crippen LogP contribution in [0.3, 0.4) is 0 Å². The molecule has 0 fully saturated rings. The van der Waals surface area contributed by atoms with Gasteiger partial charge in [-0.25, -0.2) is 4.39 Å². The van der Waals surface area contributed by atoms with E-state index in [4.69, 9.17) is 0 Å². The van der Waals surface area contributed by atoms with Crippen LogP contribution in [-0.4, -0.2) is 14.1 Å². The Kier molecular flexibility index (Phi) is 2.49. The number of halogens is 4. The second kappa shape index (κ2) is 3.28. The minimum atomic E-state index is -5.22. The minimum Gasteiger partial charge on any atom is -0.500 e. The van der Waals surface area contributed by atoms with Crippen molar-refractivity contribution in [3.63, 3.8) is 0 Å². The van der Waals surface area contributed by atoms with Crippen molar-refractivity contribution in [2.75, 3.05) is 7.11 Å². The van der Waals surface area contributed by atoms with E-state index in [-0.39, 0.29) is 5.75 Å². The van der Waals surface area contributed by atoms with Gasteiger partial charge in [0.05, 0.1) is 12.9 Å². The Morgan fingerprint density at radius 2 is 1.85 bits per heavy atom. The number of ether oxygens (including phenoxy) is 1. The van der Waals surface area contributed by atoms with E-state index in [1.165, 1.54) is 0 Å². The van der Waals surface area contributed by atoms with E-state index in [0.29, 0.717) is 6.07 Å². The van der Waals surface area contributed by atoms with Gasteiger partial charge in [-0.2, -0.15) is 0 Å². The molecule has 0 heterocycles. The maximum atomic E-state index is 12.5. The molecule has 0 saturated heterocycles. The van der Waals surface area contributed by atoms with Crippen molar-refractivity contribution >= 4 is 12.4 Å². The summed E-state index contributed by atoms with van der Waals surface area (Å²) < 4.78 is 53.6. The summed E-state index contributed by atoms with van der Waals surface area (Å²) in [6, 6.07) is 2.31. The first-order valence-electron chi connectivity index (χ1n) is 3.48. The topological polar surface area (TPSA) is 9.23 Å². The first kappa shape index (κ1) is 9.89. The number of benzene rings is 1. The lowest BCUT2D eigenvalue weighted by Crippen LogP contribution is -2.35. The van der Waals surface area contributed by atoms with E-state index in [0.717, 1.165) is 19.2 Å². The molecule has 0 radical (unpaired) electrons. The van der Waals surface area contributed by atoms with Crippen LogP contribution in [0.25, 0.3) is 0 Å². The molecular formula is C7H6BF4O-. The molecule has 0 bridgehead atoms. The van der Waals surface area contributed by atoms with Gasteiger partial charge in [-0.15, -0.1) is 0 Å². The molecule has 0 unspecified atom stereocenters. The molecular weight excluding hydrogens is 187 g/mol. The monoisotopic (exact) mass is 193 g/mol. The fourth-order valence-corrected chi connectivity index (χ4v) is 0.961. The Morgan fingerprint density at radius 1 is 1.23 bits per heavy atom. The third-order valence-electron chi connectivity index (χ3n) is 1.54. The van der Waals surface area contributed by atoms with Gasteiger partial charge in [0.25, 0.3) is 0 Å². The summed E-state index contributed by atoms with van der Waals surface area (Å²) >= 11 is 0. The molecule has 0 N–H and O–H groups in total. The van der Waals surface area contributed by atoms with Gasteiger partial charge in [0.2, 0.25) is 0 Å². The molecule has 1 rings (SSSR count). The molecule has 6 heteroatoms. The van der Waals surface area contributed by atoms with Crippen molar-refractivity contribution in [1.29, 1.82) is 0 Å². The number of hydrogen-bond donors (Lipinski definition) is 0. The van der Waals surface area contributed by atoms with E-state index in [2.05, 4.69) is 4.74 Å². The molecule has 0 atom stereocenters. The van der Waals surface area contributed by atoms with Gasteiger partial charge in [-0.3, -0.25) is 0 Å². The van der Waals surface area contributed by atoms with Gasteiger partial charge >= 0.3 is 6.98 Å². The Bertz CT molecular complexity index is 310. The van der Waals surface area contributed by atoms with Crippen LogP contribution in [0.1, 0.15) is 0 Å². The molecule has 13 heavy (non-hydrogen) atoms. The molecule has 0 aliphatic heterocycles. The second-order valence-corrected chi connectivity index (χ2v) is 2.46. The van der Waals surface area contributed by atoms with Gasteiger partial charge < -0.3 is 17.7 Å². The van der Waals surface area contributed by atoms with E-state index >= 15 is 0 Å². The number of methoxy groups -OCH3 is 1. The third kappa shape index (κ3) is 2.14. The van der Waals surface area contributed by atoms with Gasteiger partial charge in [0, 0.05) is 0 Å². The zero-order valence-corrected chi connectivity index (χ0v) is 6.73. The summed E-state index contributed by atoms with van der Waals surface area (Å²) in [4.78, 5) is 0. The SMILES string of the molecule is COc1ccc(F)cc1[B-](F)(F)F. The largest absolute Gasteiger partial charge is 0.513 e. The average Bonchev–Trinajstić information content (AvgIpc) is 2.03. The standard InChI is InChI=1S/C7H6BF4O/c1-13-7-3-2-5(9)4-6(7)8(10,11)12/h2-4H,1H3/q-1. The summed E-state index contributed by atoms with van der Waals surface area (Å²) in [5.74, 6) is -1.27. The molecule has 72 valence electrons. The van der Waals surface area contributed by atoms with Crippen LogP contribution in [0.2, 0.25) is 0 Å². The van der Waals surface area contributed by atoms with Crippen LogP contribution in [0.15, 0.2) is 18.2 Å². The van der Waals surface area contributed by atoms with Crippen molar-refractivity contribution in [1.82, 2.24) is 0 Å². The summed E-state index contributed by atoms with van der Waals surface area (Å²) in [5, 5.41) is 0. The Hall–Kier alpha value is -1.20. The van der Waals surface area contributed by atoms with Crippen LogP contribution in [0.4, 0.5) is 17.3 Å². The molecule has 1 nitrogen and oxygen atoms in total. The van der Waals surface area contributed by atoms with E-state index in [9.17, 15) is 17.3 Å².